The Kier molecular flexibility index (Phi) is 6.24. The van der Waals surface area contributed by atoms with E-state index in [1.54, 1.807) is 6.92 Å². The van der Waals surface area contributed by atoms with Gasteiger partial charge in [0.1, 0.15) is 5.82 Å². The lowest BCUT2D eigenvalue weighted by atomic mass is 10.1. The van der Waals surface area contributed by atoms with Gasteiger partial charge >= 0.3 is 12.0 Å². The molecule has 0 aromatic heterocycles. The Morgan fingerprint density at radius 1 is 1.45 bits per heavy atom. The fourth-order valence-electron chi connectivity index (χ4n) is 1.61. The van der Waals surface area contributed by atoms with Crippen molar-refractivity contribution in [3.63, 3.8) is 0 Å². The second kappa shape index (κ2) is 7.69. The molecule has 0 bridgehead atoms. The summed E-state index contributed by atoms with van der Waals surface area (Å²) in [6.45, 7) is 1.76. The van der Waals surface area contributed by atoms with E-state index < -0.39 is 17.8 Å². The number of anilines is 1. The first kappa shape index (κ1) is 16.2. The second-order valence-electron chi connectivity index (χ2n) is 4.41. The van der Waals surface area contributed by atoms with Gasteiger partial charge in [-0.25, -0.2) is 9.18 Å². The van der Waals surface area contributed by atoms with Crippen LogP contribution < -0.4 is 10.6 Å². The van der Waals surface area contributed by atoms with Crippen molar-refractivity contribution in [2.45, 2.75) is 32.2 Å². The molecule has 0 aliphatic rings. The maximum Gasteiger partial charge on any atom is 0.319 e. The number of carbonyl (C=O) groups excluding carboxylic acids is 1. The van der Waals surface area contributed by atoms with Gasteiger partial charge in [0, 0.05) is 12.5 Å². The molecule has 1 atom stereocenters. The molecule has 0 aliphatic heterocycles. The van der Waals surface area contributed by atoms with Crippen LogP contribution in [0.1, 0.15) is 26.2 Å². The van der Waals surface area contributed by atoms with Crippen LogP contribution in [0.4, 0.5) is 14.9 Å². The highest BCUT2D eigenvalue weighted by molar-refractivity contribution is 6.33. The summed E-state index contributed by atoms with van der Waals surface area (Å²) in [5, 5.41) is 13.8. The van der Waals surface area contributed by atoms with Crippen molar-refractivity contribution < 1.29 is 19.1 Å². The third-order valence-corrected chi connectivity index (χ3v) is 2.91. The SMILES string of the molecule is CC(CCCC(=O)O)NC(=O)Nc1cc(F)ccc1Cl. The lowest BCUT2D eigenvalue weighted by Crippen LogP contribution is -2.36. The van der Waals surface area contributed by atoms with Crippen LogP contribution in [0.2, 0.25) is 5.02 Å². The number of hydrogen-bond acceptors (Lipinski definition) is 2. The predicted molar refractivity (Wildman–Crippen MR) is 74.5 cm³/mol. The minimum Gasteiger partial charge on any atom is -0.481 e. The highest BCUT2D eigenvalue weighted by atomic mass is 35.5. The van der Waals surface area contributed by atoms with Crippen molar-refractivity contribution in [3.8, 4) is 0 Å². The molecule has 3 N–H and O–H groups in total. The maximum atomic E-state index is 13.0. The van der Waals surface area contributed by atoms with E-state index in [1.807, 2.05) is 0 Å². The standard InChI is InChI=1S/C13H16ClFN2O3/c1-8(3-2-4-12(18)19)16-13(20)17-11-7-9(15)5-6-10(11)14/h5-8H,2-4H2,1H3,(H,18,19)(H2,16,17,20). The Morgan fingerprint density at radius 3 is 2.80 bits per heavy atom. The van der Waals surface area contributed by atoms with E-state index in [-0.39, 0.29) is 23.2 Å². The number of benzene rings is 1. The first-order valence-electron chi connectivity index (χ1n) is 6.13. The average Bonchev–Trinajstić information content (AvgIpc) is 2.33. The number of aliphatic carboxylic acids is 1. The van der Waals surface area contributed by atoms with E-state index >= 15 is 0 Å². The quantitative estimate of drug-likeness (QED) is 0.755. The molecule has 2 amide bonds. The molecule has 20 heavy (non-hydrogen) atoms. The lowest BCUT2D eigenvalue weighted by molar-refractivity contribution is -0.137. The van der Waals surface area contributed by atoms with Crippen LogP contribution in [0.15, 0.2) is 18.2 Å². The van der Waals surface area contributed by atoms with E-state index in [0.717, 1.165) is 6.07 Å². The molecule has 0 heterocycles. The van der Waals surface area contributed by atoms with Crippen LogP contribution in [0.25, 0.3) is 0 Å². The highest BCUT2D eigenvalue weighted by Crippen LogP contribution is 2.22. The third kappa shape index (κ3) is 5.88. The molecule has 0 saturated heterocycles. The summed E-state index contributed by atoms with van der Waals surface area (Å²) in [5.74, 6) is -1.37. The zero-order valence-electron chi connectivity index (χ0n) is 11.0. The molecule has 1 rings (SSSR count). The molecule has 0 saturated carbocycles. The number of rotatable bonds is 6. The zero-order chi connectivity index (χ0) is 15.1. The second-order valence-corrected chi connectivity index (χ2v) is 4.82. The molecule has 110 valence electrons. The van der Waals surface area contributed by atoms with Crippen LogP contribution in [-0.2, 0) is 4.79 Å². The van der Waals surface area contributed by atoms with Crippen LogP contribution in [0.3, 0.4) is 0 Å². The van der Waals surface area contributed by atoms with E-state index in [9.17, 15) is 14.0 Å². The van der Waals surface area contributed by atoms with E-state index in [2.05, 4.69) is 10.6 Å². The highest BCUT2D eigenvalue weighted by Gasteiger charge is 2.10. The van der Waals surface area contributed by atoms with E-state index in [1.165, 1.54) is 12.1 Å². The number of carbonyl (C=O) groups is 2. The molecule has 0 radical (unpaired) electrons. The first-order valence-corrected chi connectivity index (χ1v) is 6.50. The molecule has 5 nitrogen and oxygen atoms in total. The van der Waals surface area contributed by atoms with Gasteiger partial charge in [-0.05, 0) is 38.0 Å². The number of halogens is 2. The van der Waals surface area contributed by atoms with Gasteiger partial charge in [-0.2, -0.15) is 0 Å². The normalized spacial score (nSPS) is 11.8. The summed E-state index contributed by atoms with van der Waals surface area (Å²) >= 11 is 5.82. The van der Waals surface area contributed by atoms with E-state index in [0.29, 0.717) is 12.8 Å². The summed E-state index contributed by atoms with van der Waals surface area (Å²) in [6.07, 6.45) is 1.07. The summed E-state index contributed by atoms with van der Waals surface area (Å²) in [5.41, 5.74) is 0.182. The predicted octanol–water partition coefficient (Wildman–Crippen LogP) is 3.24. The van der Waals surface area contributed by atoms with Gasteiger partial charge < -0.3 is 15.7 Å². The number of nitrogens with one attached hydrogen (secondary N) is 2. The molecule has 1 aromatic rings. The average molecular weight is 303 g/mol. The molecule has 1 unspecified atom stereocenters. The molecular formula is C13H16ClFN2O3. The maximum absolute atomic E-state index is 13.0. The Bertz CT molecular complexity index is 497. The van der Waals surface area contributed by atoms with Crippen molar-refractivity contribution in [3.05, 3.63) is 29.0 Å². The Labute approximate surface area is 121 Å². The van der Waals surface area contributed by atoms with Gasteiger partial charge in [0.2, 0.25) is 0 Å². The van der Waals surface area contributed by atoms with E-state index in [4.69, 9.17) is 16.7 Å². The van der Waals surface area contributed by atoms with Gasteiger partial charge in [-0.3, -0.25) is 4.79 Å². The zero-order valence-corrected chi connectivity index (χ0v) is 11.7. The fourth-order valence-corrected chi connectivity index (χ4v) is 1.77. The van der Waals surface area contributed by atoms with Crippen molar-refractivity contribution in [2.75, 3.05) is 5.32 Å². The van der Waals surface area contributed by atoms with Crippen LogP contribution in [0.5, 0.6) is 0 Å². The van der Waals surface area contributed by atoms with Crippen molar-refractivity contribution in [2.24, 2.45) is 0 Å². The minimum atomic E-state index is -0.867. The summed E-state index contributed by atoms with van der Waals surface area (Å²) in [4.78, 5) is 22.0. The first-order chi connectivity index (χ1) is 9.38. The van der Waals surface area contributed by atoms with Crippen LogP contribution >= 0.6 is 11.6 Å². The topological polar surface area (TPSA) is 78.4 Å². The number of carboxylic acid groups (broad SMARTS) is 1. The smallest absolute Gasteiger partial charge is 0.319 e. The van der Waals surface area contributed by atoms with Gasteiger partial charge in [0.25, 0.3) is 0 Å². The largest absolute Gasteiger partial charge is 0.481 e. The fraction of sp³-hybridized carbons (Fsp3) is 0.385. The summed E-state index contributed by atoms with van der Waals surface area (Å²) in [6, 6.07) is 2.96. The Morgan fingerprint density at radius 2 is 2.15 bits per heavy atom. The molecule has 7 heteroatoms. The molecule has 1 aromatic carbocycles. The van der Waals surface area contributed by atoms with Crippen LogP contribution in [-0.4, -0.2) is 23.1 Å². The monoisotopic (exact) mass is 302 g/mol. The lowest BCUT2D eigenvalue weighted by Gasteiger charge is -2.14. The summed E-state index contributed by atoms with van der Waals surface area (Å²) in [7, 11) is 0. The molecule has 0 fully saturated rings. The Hall–Kier alpha value is -1.82. The van der Waals surface area contributed by atoms with Crippen molar-refractivity contribution in [1.82, 2.24) is 5.32 Å². The number of amides is 2. The van der Waals surface area contributed by atoms with Crippen molar-refractivity contribution >= 4 is 29.3 Å². The number of carboxylic acids is 1. The van der Waals surface area contributed by atoms with Gasteiger partial charge in [0.05, 0.1) is 10.7 Å². The number of hydrogen-bond donors (Lipinski definition) is 3. The molecule has 0 aliphatic carbocycles. The van der Waals surface area contributed by atoms with Crippen LogP contribution in [0, 0.1) is 5.82 Å². The van der Waals surface area contributed by atoms with Crippen molar-refractivity contribution in [1.29, 1.82) is 0 Å². The summed E-state index contributed by atoms with van der Waals surface area (Å²) < 4.78 is 13.0. The van der Waals surface area contributed by atoms with Gasteiger partial charge in [-0.15, -0.1) is 0 Å². The number of urea groups is 1. The third-order valence-electron chi connectivity index (χ3n) is 2.58. The molecule has 0 spiro atoms. The minimum absolute atomic E-state index is 0.0589. The van der Waals surface area contributed by atoms with Gasteiger partial charge in [-0.1, -0.05) is 11.6 Å². The van der Waals surface area contributed by atoms with Gasteiger partial charge in [0.15, 0.2) is 0 Å². The molecular weight excluding hydrogens is 287 g/mol. The Balaban J connectivity index is 2.43.